The van der Waals surface area contributed by atoms with Crippen LogP contribution in [0.4, 0.5) is 8.78 Å². The number of hydrogen-bond donors (Lipinski definition) is 1. The molecule has 5 heteroatoms. The lowest BCUT2D eigenvalue weighted by atomic mass is 10.1. The molecule has 0 saturated carbocycles. The van der Waals surface area contributed by atoms with Gasteiger partial charge in [-0.15, -0.1) is 0 Å². The Bertz CT molecular complexity index is 614. The zero-order chi connectivity index (χ0) is 14.5. The van der Waals surface area contributed by atoms with Gasteiger partial charge in [0.25, 0.3) is 5.91 Å². The minimum atomic E-state index is -1.03. The monoisotopic (exact) mass is 339 g/mol. The Kier molecular flexibility index (Phi) is 4.84. The quantitative estimate of drug-likeness (QED) is 0.843. The first kappa shape index (κ1) is 14.7. The molecule has 2 aromatic carbocycles. The lowest BCUT2D eigenvalue weighted by Gasteiger charge is -2.06. The second-order valence-electron chi connectivity index (χ2n) is 4.26. The largest absolute Gasteiger partial charge is 0.348 e. The predicted molar refractivity (Wildman–Crippen MR) is 76.6 cm³/mol. The van der Waals surface area contributed by atoms with Crippen LogP contribution in [-0.4, -0.2) is 5.91 Å². The number of hydrogen-bond acceptors (Lipinski definition) is 1. The minimum Gasteiger partial charge on any atom is -0.348 e. The van der Waals surface area contributed by atoms with Crippen LogP contribution in [0.25, 0.3) is 0 Å². The van der Waals surface area contributed by atoms with Gasteiger partial charge in [0, 0.05) is 17.4 Å². The summed E-state index contributed by atoms with van der Waals surface area (Å²) in [5.41, 5.74) is 2.17. The maximum absolute atomic E-state index is 13.0. The van der Waals surface area contributed by atoms with Crippen LogP contribution in [0.1, 0.15) is 21.5 Å². The van der Waals surface area contributed by atoms with E-state index in [0.29, 0.717) is 6.54 Å². The lowest BCUT2D eigenvalue weighted by Crippen LogP contribution is -2.22. The lowest BCUT2D eigenvalue weighted by molar-refractivity contribution is 0.0950. The van der Waals surface area contributed by atoms with E-state index in [9.17, 15) is 13.6 Å². The van der Waals surface area contributed by atoms with Crippen molar-refractivity contribution in [1.82, 2.24) is 5.32 Å². The van der Waals surface area contributed by atoms with Gasteiger partial charge in [-0.05, 0) is 29.3 Å². The van der Waals surface area contributed by atoms with Gasteiger partial charge in [-0.2, -0.15) is 0 Å². The fraction of sp³-hybridized carbons (Fsp3) is 0.133. The number of amides is 1. The summed E-state index contributed by atoms with van der Waals surface area (Å²) in [5, 5.41) is 3.43. The van der Waals surface area contributed by atoms with Crippen LogP contribution in [0.5, 0.6) is 0 Å². The Labute approximate surface area is 123 Å². The van der Waals surface area contributed by atoms with Crippen LogP contribution >= 0.6 is 15.9 Å². The van der Waals surface area contributed by atoms with E-state index in [1.54, 1.807) is 0 Å². The molecule has 2 rings (SSSR count). The van der Waals surface area contributed by atoms with Crippen molar-refractivity contribution in [3.63, 3.8) is 0 Å². The standard InChI is InChI=1S/C15H12BrF2NO/c16-8-10-1-3-11(4-2-10)9-19-15(20)12-5-6-13(17)14(18)7-12/h1-7H,8-9H2,(H,19,20). The Morgan fingerprint density at radius 2 is 1.65 bits per heavy atom. The molecule has 0 saturated heterocycles. The molecular weight excluding hydrogens is 328 g/mol. The summed E-state index contributed by atoms with van der Waals surface area (Å²) in [7, 11) is 0. The summed E-state index contributed by atoms with van der Waals surface area (Å²) in [5.74, 6) is -2.43. The zero-order valence-electron chi connectivity index (χ0n) is 10.5. The third kappa shape index (κ3) is 3.63. The summed E-state index contributed by atoms with van der Waals surface area (Å²) in [6.45, 7) is 0.334. The van der Waals surface area contributed by atoms with Crippen molar-refractivity contribution in [3.05, 3.63) is 70.8 Å². The first-order chi connectivity index (χ1) is 9.60. The first-order valence-electron chi connectivity index (χ1n) is 5.97. The normalized spacial score (nSPS) is 10.3. The van der Waals surface area contributed by atoms with Crippen molar-refractivity contribution in [2.75, 3.05) is 0 Å². The Balaban J connectivity index is 1.98. The summed E-state index contributed by atoms with van der Waals surface area (Å²) in [6, 6.07) is 10.8. The van der Waals surface area contributed by atoms with Crippen LogP contribution in [0.3, 0.4) is 0 Å². The molecule has 2 aromatic rings. The molecule has 0 aliphatic carbocycles. The highest BCUT2D eigenvalue weighted by Gasteiger charge is 2.09. The molecule has 0 bridgehead atoms. The smallest absolute Gasteiger partial charge is 0.251 e. The third-order valence-electron chi connectivity index (χ3n) is 2.81. The van der Waals surface area contributed by atoms with Crippen molar-refractivity contribution in [2.24, 2.45) is 0 Å². The maximum Gasteiger partial charge on any atom is 0.251 e. The number of alkyl halides is 1. The van der Waals surface area contributed by atoms with Crippen molar-refractivity contribution in [3.8, 4) is 0 Å². The van der Waals surface area contributed by atoms with E-state index in [-0.39, 0.29) is 5.56 Å². The van der Waals surface area contributed by atoms with E-state index in [2.05, 4.69) is 21.2 Å². The summed E-state index contributed by atoms with van der Waals surface area (Å²) in [4.78, 5) is 11.8. The minimum absolute atomic E-state index is 0.0981. The number of halogens is 3. The van der Waals surface area contributed by atoms with Crippen molar-refractivity contribution in [1.29, 1.82) is 0 Å². The summed E-state index contributed by atoms with van der Waals surface area (Å²) in [6.07, 6.45) is 0. The van der Waals surface area contributed by atoms with E-state index in [0.717, 1.165) is 28.6 Å². The average molecular weight is 340 g/mol. The molecule has 0 heterocycles. The molecule has 0 spiro atoms. The molecule has 104 valence electrons. The molecule has 2 nitrogen and oxygen atoms in total. The third-order valence-corrected chi connectivity index (χ3v) is 3.46. The second kappa shape index (κ2) is 6.61. The highest BCUT2D eigenvalue weighted by molar-refractivity contribution is 9.08. The van der Waals surface area contributed by atoms with E-state index < -0.39 is 17.5 Å². The Morgan fingerprint density at radius 1 is 1.00 bits per heavy atom. The molecule has 0 fully saturated rings. The van der Waals surface area contributed by atoms with Gasteiger partial charge in [0.2, 0.25) is 0 Å². The SMILES string of the molecule is O=C(NCc1ccc(CBr)cc1)c1ccc(F)c(F)c1. The van der Waals surface area contributed by atoms with Gasteiger partial charge in [-0.25, -0.2) is 8.78 Å². The number of rotatable bonds is 4. The number of carbonyl (C=O) groups excluding carboxylic acids is 1. The number of benzene rings is 2. The van der Waals surface area contributed by atoms with E-state index in [4.69, 9.17) is 0 Å². The van der Waals surface area contributed by atoms with Gasteiger partial charge in [0.05, 0.1) is 0 Å². The highest BCUT2D eigenvalue weighted by Crippen LogP contribution is 2.10. The van der Waals surface area contributed by atoms with E-state index >= 15 is 0 Å². The molecule has 0 aliphatic rings. The highest BCUT2D eigenvalue weighted by atomic mass is 79.9. The Morgan fingerprint density at radius 3 is 2.25 bits per heavy atom. The van der Waals surface area contributed by atoms with E-state index in [1.165, 1.54) is 6.07 Å². The average Bonchev–Trinajstić information content (AvgIpc) is 2.48. The summed E-state index contributed by atoms with van der Waals surface area (Å²) < 4.78 is 25.8. The predicted octanol–water partition coefficient (Wildman–Crippen LogP) is 3.79. The van der Waals surface area contributed by atoms with Gasteiger partial charge < -0.3 is 5.32 Å². The van der Waals surface area contributed by atoms with Crippen LogP contribution in [-0.2, 0) is 11.9 Å². The second-order valence-corrected chi connectivity index (χ2v) is 4.82. The van der Waals surface area contributed by atoms with Gasteiger partial charge >= 0.3 is 0 Å². The Hall–Kier alpha value is -1.75. The molecule has 0 aliphatic heterocycles. The van der Waals surface area contributed by atoms with Gasteiger partial charge in [-0.1, -0.05) is 40.2 Å². The molecule has 0 unspecified atom stereocenters. The topological polar surface area (TPSA) is 29.1 Å². The van der Waals surface area contributed by atoms with Crippen LogP contribution in [0.2, 0.25) is 0 Å². The molecule has 0 atom stereocenters. The molecule has 0 radical (unpaired) electrons. The molecule has 0 aromatic heterocycles. The van der Waals surface area contributed by atoms with E-state index in [1.807, 2.05) is 24.3 Å². The van der Waals surface area contributed by atoms with Gasteiger partial charge in [0.1, 0.15) is 0 Å². The summed E-state index contributed by atoms with van der Waals surface area (Å²) >= 11 is 3.35. The van der Waals surface area contributed by atoms with Crippen LogP contribution < -0.4 is 5.32 Å². The fourth-order valence-electron chi connectivity index (χ4n) is 1.67. The van der Waals surface area contributed by atoms with Crippen molar-refractivity contribution in [2.45, 2.75) is 11.9 Å². The van der Waals surface area contributed by atoms with Gasteiger partial charge in [-0.3, -0.25) is 4.79 Å². The first-order valence-corrected chi connectivity index (χ1v) is 7.09. The van der Waals surface area contributed by atoms with Crippen molar-refractivity contribution >= 4 is 21.8 Å². The molecule has 1 amide bonds. The van der Waals surface area contributed by atoms with Crippen molar-refractivity contribution < 1.29 is 13.6 Å². The van der Waals surface area contributed by atoms with Gasteiger partial charge in [0.15, 0.2) is 11.6 Å². The maximum atomic E-state index is 13.0. The zero-order valence-corrected chi connectivity index (χ0v) is 12.1. The number of carbonyl (C=O) groups is 1. The van der Waals surface area contributed by atoms with Crippen LogP contribution in [0.15, 0.2) is 42.5 Å². The molecule has 1 N–H and O–H groups in total. The fourth-order valence-corrected chi connectivity index (χ4v) is 2.04. The van der Waals surface area contributed by atoms with Crippen LogP contribution in [0, 0.1) is 11.6 Å². The number of nitrogens with one attached hydrogen (secondary N) is 1. The molecule has 20 heavy (non-hydrogen) atoms. The molecular formula is C15H12BrF2NO.